The predicted molar refractivity (Wildman–Crippen MR) is 63.0 cm³/mol. The van der Waals surface area contributed by atoms with Gasteiger partial charge in [-0.1, -0.05) is 33.2 Å². The zero-order chi connectivity index (χ0) is 12.0. The average Bonchev–Trinajstić information content (AvgIpc) is 2.21. The number of azide groups is 1. The number of carboxylic acids is 1. The van der Waals surface area contributed by atoms with E-state index < -0.39 is 12.0 Å². The third-order valence-electron chi connectivity index (χ3n) is 2.01. The molecule has 1 aromatic carbocycles. The number of benzene rings is 1. The Kier molecular flexibility index (Phi) is 4.82. The van der Waals surface area contributed by atoms with Crippen LogP contribution in [0.5, 0.6) is 0 Å². The van der Waals surface area contributed by atoms with E-state index >= 15 is 0 Å². The van der Waals surface area contributed by atoms with Crippen molar-refractivity contribution in [2.75, 3.05) is 0 Å². The SMILES string of the molecule is [N-]=[N+]=N[C@@H](CC(=O)O)Cc1ccc(Br)cc1. The highest BCUT2D eigenvalue weighted by Gasteiger charge is 2.11. The summed E-state index contributed by atoms with van der Waals surface area (Å²) in [5, 5.41) is 12.1. The lowest BCUT2D eigenvalue weighted by molar-refractivity contribution is -0.137. The molecule has 16 heavy (non-hydrogen) atoms. The zero-order valence-electron chi connectivity index (χ0n) is 8.38. The number of carboxylic acid groups (broad SMARTS) is 1. The van der Waals surface area contributed by atoms with Gasteiger partial charge in [0.15, 0.2) is 0 Å². The molecule has 1 aromatic rings. The summed E-state index contributed by atoms with van der Waals surface area (Å²) < 4.78 is 0.954. The van der Waals surface area contributed by atoms with E-state index in [1.807, 2.05) is 24.3 Å². The largest absolute Gasteiger partial charge is 0.481 e. The third kappa shape index (κ3) is 4.33. The molecule has 0 spiro atoms. The molecule has 1 rings (SSSR count). The first-order valence-electron chi connectivity index (χ1n) is 4.62. The van der Waals surface area contributed by atoms with Crippen molar-refractivity contribution in [3.8, 4) is 0 Å². The number of hydrogen-bond donors (Lipinski definition) is 1. The van der Waals surface area contributed by atoms with Crippen molar-refractivity contribution in [3.63, 3.8) is 0 Å². The van der Waals surface area contributed by atoms with E-state index in [0.29, 0.717) is 6.42 Å². The lowest BCUT2D eigenvalue weighted by atomic mass is 10.0. The van der Waals surface area contributed by atoms with Gasteiger partial charge in [-0.05, 0) is 29.6 Å². The minimum atomic E-state index is -0.963. The number of aliphatic carboxylic acids is 1. The third-order valence-corrected chi connectivity index (χ3v) is 2.54. The van der Waals surface area contributed by atoms with Crippen LogP contribution in [0.4, 0.5) is 0 Å². The van der Waals surface area contributed by atoms with Crippen LogP contribution >= 0.6 is 15.9 Å². The Morgan fingerprint density at radius 3 is 2.62 bits per heavy atom. The Balaban J connectivity index is 2.71. The summed E-state index contributed by atoms with van der Waals surface area (Å²) in [5.74, 6) is -0.963. The maximum Gasteiger partial charge on any atom is 0.303 e. The van der Waals surface area contributed by atoms with Crippen LogP contribution in [0.2, 0.25) is 0 Å². The molecule has 6 heteroatoms. The molecule has 1 atom stereocenters. The molecule has 0 heterocycles. The van der Waals surface area contributed by atoms with Gasteiger partial charge in [0.1, 0.15) is 0 Å². The Bertz CT molecular complexity index is 413. The van der Waals surface area contributed by atoms with Crippen LogP contribution in [0.15, 0.2) is 33.9 Å². The molecule has 0 aliphatic carbocycles. The predicted octanol–water partition coefficient (Wildman–Crippen LogP) is 3.15. The molecule has 0 unspecified atom stereocenters. The van der Waals surface area contributed by atoms with Crippen molar-refractivity contribution >= 4 is 21.9 Å². The summed E-state index contributed by atoms with van der Waals surface area (Å²) >= 11 is 3.31. The number of carbonyl (C=O) groups is 1. The molecule has 0 aliphatic rings. The molecule has 0 bridgehead atoms. The summed E-state index contributed by atoms with van der Waals surface area (Å²) in [5.41, 5.74) is 9.28. The van der Waals surface area contributed by atoms with Gasteiger partial charge in [-0.25, -0.2) is 0 Å². The standard InChI is InChI=1S/C10H10BrN3O2/c11-8-3-1-7(2-4-8)5-9(13-14-12)6-10(15)16/h1-4,9H,5-6H2,(H,15,16)/t9-/m1/s1. The van der Waals surface area contributed by atoms with Crippen LogP contribution in [0.1, 0.15) is 12.0 Å². The molecular formula is C10H10BrN3O2. The van der Waals surface area contributed by atoms with E-state index in [1.54, 1.807) is 0 Å². The second-order valence-electron chi connectivity index (χ2n) is 3.29. The topological polar surface area (TPSA) is 86.1 Å². The first-order chi connectivity index (χ1) is 7.61. The van der Waals surface area contributed by atoms with Crippen molar-refractivity contribution in [2.24, 2.45) is 5.11 Å². The summed E-state index contributed by atoms with van der Waals surface area (Å²) in [6.45, 7) is 0. The molecule has 0 aromatic heterocycles. The molecule has 0 fully saturated rings. The van der Waals surface area contributed by atoms with Crippen LogP contribution in [-0.4, -0.2) is 17.1 Å². The Hall–Kier alpha value is -1.52. The Morgan fingerprint density at radius 1 is 1.50 bits per heavy atom. The van der Waals surface area contributed by atoms with Gasteiger partial charge < -0.3 is 5.11 Å². The molecule has 0 saturated heterocycles. The van der Waals surface area contributed by atoms with Gasteiger partial charge in [-0.2, -0.15) is 0 Å². The van der Waals surface area contributed by atoms with Gasteiger partial charge >= 0.3 is 5.97 Å². The fourth-order valence-electron chi connectivity index (χ4n) is 1.32. The van der Waals surface area contributed by atoms with Crippen LogP contribution in [-0.2, 0) is 11.2 Å². The van der Waals surface area contributed by atoms with E-state index in [2.05, 4.69) is 26.0 Å². The van der Waals surface area contributed by atoms with Gasteiger partial charge in [-0.3, -0.25) is 4.79 Å². The maximum atomic E-state index is 10.5. The number of rotatable bonds is 5. The van der Waals surface area contributed by atoms with Gasteiger partial charge in [0.25, 0.3) is 0 Å². The van der Waals surface area contributed by atoms with Crippen LogP contribution in [0.25, 0.3) is 10.4 Å². The highest BCUT2D eigenvalue weighted by Crippen LogP contribution is 2.14. The molecule has 5 nitrogen and oxygen atoms in total. The van der Waals surface area contributed by atoms with Crippen molar-refractivity contribution in [1.29, 1.82) is 0 Å². The van der Waals surface area contributed by atoms with E-state index in [0.717, 1.165) is 10.0 Å². The Labute approximate surface area is 101 Å². The molecule has 0 aliphatic heterocycles. The highest BCUT2D eigenvalue weighted by molar-refractivity contribution is 9.10. The summed E-state index contributed by atoms with van der Waals surface area (Å²) in [6.07, 6.45) is 0.282. The van der Waals surface area contributed by atoms with Crippen LogP contribution in [0.3, 0.4) is 0 Å². The van der Waals surface area contributed by atoms with Gasteiger partial charge in [0.05, 0.1) is 12.5 Å². The van der Waals surface area contributed by atoms with Crippen molar-refractivity contribution in [1.82, 2.24) is 0 Å². The fourth-order valence-corrected chi connectivity index (χ4v) is 1.59. The molecular weight excluding hydrogens is 274 g/mol. The molecule has 0 saturated carbocycles. The zero-order valence-corrected chi connectivity index (χ0v) is 9.96. The number of halogens is 1. The normalized spacial score (nSPS) is 11.6. The van der Waals surface area contributed by atoms with Gasteiger partial charge in [0, 0.05) is 9.38 Å². The second-order valence-corrected chi connectivity index (χ2v) is 4.20. The highest BCUT2D eigenvalue weighted by atomic mass is 79.9. The van der Waals surface area contributed by atoms with E-state index in [4.69, 9.17) is 10.6 Å². The quantitative estimate of drug-likeness (QED) is 0.511. The van der Waals surface area contributed by atoms with Gasteiger partial charge in [0.2, 0.25) is 0 Å². The van der Waals surface area contributed by atoms with E-state index in [-0.39, 0.29) is 6.42 Å². The minimum absolute atomic E-state index is 0.153. The summed E-state index contributed by atoms with van der Waals surface area (Å²) in [7, 11) is 0. The number of nitrogens with zero attached hydrogens (tertiary/aromatic N) is 3. The molecule has 1 N–H and O–H groups in total. The van der Waals surface area contributed by atoms with Gasteiger partial charge in [-0.15, -0.1) is 0 Å². The number of hydrogen-bond acceptors (Lipinski definition) is 2. The lowest BCUT2D eigenvalue weighted by Crippen LogP contribution is -2.13. The average molecular weight is 284 g/mol. The van der Waals surface area contributed by atoms with Crippen LogP contribution < -0.4 is 0 Å². The molecule has 0 amide bonds. The van der Waals surface area contributed by atoms with Crippen molar-refractivity contribution in [3.05, 3.63) is 44.7 Å². The van der Waals surface area contributed by atoms with E-state index in [9.17, 15) is 4.79 Å². The summed E-state index contributed by atoms with van der Waals surface area (Å²) in [6, 6.07) is 6.92. The minimum Gasteiger partial charge on any atom is -0.481 e. The fraction of sp³-hybridized carbons (Fsp3) is 0.300. The molecule has 0 radical (unpaired) electrons. The summed E-state index contributed by atoms with van der Waals surface area (Å²) in [4.78, 5) is 13.2. The van der Waals surface area contributed by atoms with Crippen LogP contribution in [0, 0.1) is 0 Å². The maximum absolute atomic E-state index is 10.5. The first-order valence-corrected chi connectivity index (χ1v) is 5.41. The van der Waals surface area contributed by atoms with Crippen molar-refractivity contribution in [2.45, 2.75) is 18.9 Å². The lowest BCUT2D eigenvalue weighted by Gasteiger charge is -2.08. The van der Waals surface area contributed by atoms with E-state index in [1.165, 1.54) is 0 Å². The Morgan fingerprint density at radius 2 is 2.12 bits per heavy atom. The van der Waals surface area contributed by atoms with Crippen molar-refractivity contribution < 1.29 is 9.90 Å². The second kappa shape index (κ2) is 6.15. The first kappa shape index (κ1) is 12.5. The monoisotopic (exact) mass is 283 g/mol. The molecule has 84 valence electrons. The smallest absolute Gasteiger partial charge is 0.303 e.